The Bertz CT molecular complexity index is 848. The van der Waals surface area contributed by atoms with Crippen LogP contribution in [0.5, 0.6) is 5.75 Å². The minimum absolute atomic E-state index is 0.0863. The third kappa shape index (κ3) is 6.85. The summed E-state index contributed by atoms with van der Waals surface area (Å²) in [6.07, 6.45) is 0. The van der Waals surface area contributed by atoms with Crippen molar-refractivity contribution in [3.63, 3.8) is 0 Å². The van der Waals surface area contributed by atoms with Crippen LogP contribution in [-0.4, -0.2) is 34.9 Å². The van der Waals surface area contributed by atoms with E-state index in [1.165, 1.54) is 35.2 Å². The molecule has 0 heterocycles. The van der Waals surface area contributed by atoms with E-state index >= 15 is 0 Å². The van der Waals surface area contributed by atoms with Gasteiger partial charge < -0.3 is 15.0 Å². The third-order valence-electron chi connectivity index (χ3n) is 4.14. The summed E-state index contributed by atoms with van der Waals surface area (Å²) in [7, 11) is 0. The van der Waals surface area contributed by atoms with Crippen LogP contribution < -0.4 is 10.1 Å². The van der Waals surface area contributed by atoms with E-state index in [1.54, 1.807) is 25.1 Å². The number of halogens is 2. The molecule has 0 saturated carbocycles. The Morgan fingerprint density at radius 1 is 1.07 bits per heavy atom. The molecule has 2 aromatic rings. The molecule has 0 unspecified atom stereocenters. The van der Waals surface area contributed by atoms with Crippen molar-refractivity contribution in [1.82, 2.24) is 10.2 Å². The van der Waals surface area contributed by atoms with E-state index in [2.05, 4.69) is 5.32 Å². The van der Waals surface area contributed by atoms with Crippen molar-refractivity contribution in [3.8, 4) is 5.75 Å². The molecule has 29 heavy (non-hydrogen) atoms. The van der Waals surface area contributed by atoms with Crippen LogP contribution in [-0.2, 0) is 16.1 Å². The molecule has 0 radical (unpaired) electrons. The molecular weight excluding hydrogens is 378 g/mol. The van der Waals surface area contributed by atoms with E-state index in [0.717, 1.165) is 0 Å². The van der Waals surface area contributed by atoms with Crippen molar-refractivity contribution in [2.24, 2.45) is 0 Å². The minimum Gasteiger partial charge on any atom is -0.484 e. The fourth-order valence-corrected chi connectivity index (χ4v) is 2.63. The van der Waals surface area contributed by atoms with Gasteiger partial charge in [-0.25, -0.2) is 8.78 Å². The maximum absolute atomic E-state index is 14.1. The first-order valence-electron chi connectivity index (χ1n) is 9.30. The first-order chi connectivity index (χ1) is 13.6. The second kappa shape index (κ2) is 9.49. The summed E-state index contributed by atoms with van der Waals surface area (Å²) in [6.45, 7) is 6.62. The largest absolute Gasteiger partial charge is 0.484 e. The van der Waals surface area contributed by atoms with Crippen molar-refractivity contribution in [2.45, 2.75) is 45.8 Å². The second-order valence-electron chi connectivity index (χ2n) is 7.77. The molecule has 1 N–H and O–H groups in total. The van der Waals surface area contributed by atoms with Crippen LogP contribution in [0.15, 0.2) is 48.5 Å². The van der Waals surface area contributed by atoms with Crippen LogP contribution >= 0.6 is 0 Å². The predicted octanol–water partition coefficient (Wildman–Crippen LogP) is 3.68. The van der Waals surface area contributed by atoms with Crippen molar-refractivity contribution in [2.75, 3.05) is 6.61 Å². The molecule has 0 bridgehead atoms. The zero-order valence-electron chi connectivity index (χ0n) is 17.0. The lowest BCUT2D eigenvalue weighted by Crippen LogP contribution is -2.53. The van der Waals surface area contributed by atoms with Gasteiger partial charge in [-0.3, -0.25) is 9.59 Å². The molecule has 0 aliphatic carbocycles. The Labute approximate surface area is 169 Å². The number of benzene rings is 2. The average Bonchev–Trinajstić information content (AvgIpc) is 2.65. The molecular formula is C22H26F2N2O3. The Morgan fingerprint density at radius 3 is 2.28 bits per heavy atom. The first kappa shape index (κ1) is 22.3. The lowest BCUT2D eigenvalue weighted by molar-refractivity contribution is -0.142. The first-order valence-corrected chi connectivity index (χ1v) is 9.30. The summed E-state index contributed by atoms with van der Waals surface area (Å²) in [5.74, 6) is -1.42. The van der Waals surface area contributed by atoms with Crippen molar-refractivity contribution >= 4 is 11.8 Å². The van der Waals surface area contributed by atoms with Gasteiger partial charge in [-0.05, 0) is 58.0 Å². The average molecular weight is 404 g/mol. The van der Waals surface area contributed by atoms with Gasteiger partial charge in [-0.2, -0.15) is 0 Å². The number of carbonyl (C=O) groups excluding carboxylic acids is 2. The van der Waals surface area contributed by atoms with Gasteiger partial charge in [0.05, 0.1) is 0 Å². The van der Waals surface area contributed by atoms with Gasteiger partial charge >= 0.3 is 0 Å². The van der Waals surface area contributed by atoms with Gasteiger partial charge in [0.2, 0.25) is 5.91 Å². The minimum atomic E-state index is -0.849. The normalized spacial score (nSPS) is 12.2. The molecule has 7 heteroatoms. The molecule has 156 valence electrons. The van der Waals surface area contributed by atoms with Gasteiger partial charge in [0.25, 0.3) is 5.91 Å². The summed E-state index contributed by atoms with van der Waals surface area (Å²) in [5.41, 5.74) is -0.194. The summed E-state index contributed by atoms with van der Waals surface area (Å²) >= 11 is 0. The highest BCUT2D eigenvalue weighted by atomic mass is 19.1. The molecule has 0 aliphatic heterocycles. The summed E-state index contributed by atoms with van der Waals surface area (Å²) < 4.78 is 32.6. The van der Waals surface area contributed by atoms with E-state index in [1.807, 2.05) is 20.8 Å². The summed E-state index contributed by atoms with van der Waals surface area (Å²) in [5, 5.41) is 2.83. The topological polar surface area (TPSA) is 58.6 Å². The fourth-order valence-electron chi connectivity index (χ4n) is 2.63. The number of ether oxygens (including phenoxy) is 1. The highest BCUT2D eigenvalue weighted by Crippen LogP contribution is 2.16. The van der Waals surface area contributed by atoms with Gasteiger partial charge in [0.15, 0.2) is 6.61 Å². The van der Waals surface area contributed by atoms with Gasteiger partial charge in [-0.15, -0.1) is 0 Å². The number of rotatable bonds is 7. The smallest absolute Gasteiger partial charge is 0.261 e. The second-order valence-corrected chi connectivity index (χ2v) is 7.77. The molecule has 0 saturated heterocycles. The van der Waals surface area contributed by atoms with Crippen LogP contribution in [0, 0.1) is 11.6 Å². The number of nitrogens with zero attached hydrogens (tertiary/aromatic N) is 1. The number of carbonyl (C=O) groups is 2. The lowest BCUT2D eigenvalue weighted by Gasteiger charge is -2.31. The van der Waals surface area contributed by atoms with Crippen LogP contribution in [0.4, 0.5) is 8.78 Å². The molecule has 2 amide bonds. The number of hydrogen-bond donors (Lipinski definition) is 1. The fraction of sp³-hybridized carbons (Fsp3) is 0.364. The number of nitrogens with one attached hydrogen (secondary N) is 1. The third-order valence-corrected chi connectivity index (χ3v) is 4.14. The van der Waals surface area contributed by atoms with Gasteiger partial charge in [0, 0.05) is 17.6 Å². The molecule has 0 fully saturated rings. The molecule has 0 spiro atoms. The van der Waals surface area contributed by atoms with Crippen LogP contribution in [0.1, 0.15) is 33.3 Å². The molecule has 2 rings (SSSR count). The Morgan fingerprint density at radius 2 is 1.69 bits per heavy atom. The Balaban J connectivity index is 2.18. The van der Waals surface area contributed by atoms with Crippen molar-refractivity contribution < 1.29 is 23.1 Å². The molecule has 2 aromatic carbocycles. The van der Waals surface area contributed by atoms with E-state index in [-0.39, 0.29) is 24.6 Å². The number of amides is 2. The van der Waals surface area contributed by atoms with E-state index in [9.17, 15) is 18.4 Å². The van der Waals surface area contributed by atoms with Gasteiger partial charge in [0.1, 0.15) is 23.4 Å². The maximum Gasteiger partial charge on any atom is 0.261 e. The van der Waals surface area contributed by atoms with E-state index in [0.29, 0.717) is 5.75 Å². The zero-order chi connectivity index (χ0) is 21.6. The monoisotopic (exact) mass is 404 g/mol. The molecule has 0 aliphatic rings. The van der Waals surface area contributed by atoms with Crippen LogP contribution in [0.25, 0.3) is 0 Å². The molecule has 1 atom stereocenters. The molecule has 0 aromatic heterocycles. The standard InChI is InChI=1S/C22H26F2N2O3/c1-15(21(28)25-22(2,3)4)26(13-16-7-5-6-8-19(16)24)20(27)14-29-18-11-9-17(23)10-12-18/h5-12,15H,13-14H2,1-4H3,(H,25,28)/t15-/m1/s1. The lowest BCUT2D eigenvalue weighted by atomic mass is 10.1. The quantitative estimate of drug-likeness (QED) is 0.766. The predicted molar refractivity (Wildman–Crippen MR) is 106 cm³/mol. The highest BCUT2D eigenvalue weighted by Gasteiger charge is 2.29. The van der Waals surface area contributed by atoms with Crippen LogP contribution in [0.2, 0.25) is 0 Å². The number of hydrogen-bond acceptors (Lipinski definition) is 3. The van der Waals surface area contributed by atoms with Crippen molar-refractivity contribution in [1.29, 1.82) is 0 Å². The SMILES string of the molecule is C[C@H](C(=O)NC(C)(C)C)N(Cc1ccccc1F)C(=O)COc1ccc(F)cc1. The molecule has 5 nitrogen and oxygen atoms in total. The van der Waals surface area contributed by atoms with Gasteiger partial charge in [-0.1, -0.05) is 18.2 Å². The maximum atomic E-state index is 14.1. The van der Waals surface area contributed by atoms with Crippen molar-refractivity contribution in [3.05, 3.63) is 65.7 Å². The highest BCUT2D eigenvalue weighted by molar-refractivity contribution is 5.88. The Hall–Kier alpha value is -2.96. The van der Waals surface area contributed by atoms with Crippen LogP contribution in [0.3, 0.4) is 0 Å². The summed E-state index contributed by atoms with van der Waals surface area (Å²) in [4.78, 5) is 26.7. The zero-order valence-corrected chi connectivity index (χ0v) is 17.0. The Kier molecular flexibility index (Phi) is 7.31. The summed E-state index contributed by atoms with van der Waals surface area (Å²) in [6, 6.07) is 10.5. The van der Waals surface area contributed by atoms with E-state index < -0.39 is 29.1 Å². The van der Waals surface area contributed by atoms with E-state index in [4.69, 9.17) is 4.74 Å².